The number of nitrogens with one attached hydrogen (secondary N) is 1. The van der Waals surface area contributed by atoms with Crippen LogP contribution >= 0.6 is 0 Å². The fourth-order valence-electron chi connectivity index (χ4n) is 1.62. The minimum Gasteiger partial charge on any atom is -0.385 e. The average molecular weight is 234 g/mol. The highest BCUT2D eigenvalue weighted by molar-refractivity contribution is 5.94. The van der Waals surface area contributed by atoms with E-state index in [0.717, 1.165) is 23.4 Å². The van der Waals surface area contributed by atoms with Gasteiger partial charge in [0.2, 0.25) is 0 Å². The molecule has 17 heavy (non-hydrogen) atoms. The van der Waals surface area contributed by atoms with E-state index in [4.69, 9.17) is 0 Å². The summed E-state index contributed by atoms with van der Waals surface area (Å²) in [5.41, 5.74) is 2.95. The Morgan fingerprint density at radius 1 is 1.41 bits per heavy atom. The molecule has 0 bridgehead atoms. The molecule has 0 radical (unpaired) electrons. The molecule has 3 nitrogen and oxygen atoms in total. The summed E-state index contributed by atoms with van der Waals surface area (Å²) in [7, 11) is 1.83. The zero-order chi connectivity index (χ0) is 13.0. The van der Waals surface area contributed by atoms with Crippen LogP contribution in [-0.2, 0) is 0 Å². The van der Waals surface area contributed by atoms with Gasteiger partial charge in [0.25, 0.3) is 5.91 Å². The van der Waals surface area contributed by atoms with Crippen LogP contribution < -0.4 is 5.32 Å². The van der Waals surface area contributed by atoms with Gasteiger partial charge in [-0.05, 0) is 51.5 Å². The molecule has 0 aromatic heterocycles. The number of aryl methyl sites for hydroxylation is 1. The lowest BCUT2D eigenvalue weighted by molar-refractivity contribution is 0.0755. The van der Waals surface area contributed by atoms with Crippen molar-refractivity contribution in [3.63, 3.8) is 0 Å². The number of hydrogen-bond acceptors (Lipinski definition) is 2. The lowest BCUT2D eigenvalue weighted by Gasteiger charge is -2.22. The average Bonchev–Trinajstić information content (AvgIpc) is 2.30. The smallest absolute Gasteiger partial charge is 0.253 e. The number of anilines is 1. The summed E-state index contributed by atoms with van der Waals surface area (Å²) < 4.78 is 0. The van der Waals surface area contributed by atoms with Gasteiger partial charge in [0.1, 0.15) is 0 Å². The maximum atomic E-state index is 12.1. The first-order valence-corrected chi connectivity index (χ1v) is 6.09. The van der Waals surface area contributed by atoms with E-state index < -0.39 is 0 Å². The Bertz CT molecular complexity index is 399. The van der Waals surface area contributed by atoms with E-state index in [1.165, 1.54) is 0 Å². The molecule has 0 aliphatic heterocycles. The normalized spacial score (nSPS) is 10.5. The molecule has 0 saturated carbocycles. The highest BCUT2D eigenvalue weighted by Crippen LogP contribution is 2.17. The first-order valence-electron chi connectivity index (χ1n) is 6.09. The van der Waals surface area contributed by atoms with E-state index in [1.807, 2.05) is 46.0 Å². The van der Waals surface area contributed by atoms with Crippen molar-refractivity contribution in [2.45, 2.75) is 33.7 Å². The van der Waals surface area contributed by atoms with Crippen LogP contribution in [0.25, 0.3) is 0 Å². The molecule has 3 heteroatoms. The third kappa shape index (κ3) is 3.22. The molecule has 0 aliphatic rings. The van der Waals surface area contributed by atoms with Crippen molar-refractivity contribution in [2.24, 2.45) is 0 Å². The molecule has 1 amide bonds. The fourth-order valence-corrected chi connectivity index (χ4v) is 1.62. The second-order valence-corrected chi connectivity index (χ2v) is 4.57. The van der Waals surface area contributed by atoms with Gasteiger partial charge in [-0.15, -0.1) is 0 Å². The monoisotopic (exact) mass is 234 g/mol. The van der Waals surface area contributed by atoms with Gasteiger partial charge in [0, 0.05) is 30.9 Å². The maximum absolute atomic E-state index is 12.1. The molecule has 0 saturated heterocycles. The van der Waals surface area contributed by atoms with Crippen molar-refractivity contribution in [1.82, 2.24) is 4.90 Å². The Morgan fingerprint density at radius 2 is 2.06 bits per heavy atom. The highest BCUT2D eigenvalue weighted by Gasteiger charge is 2.14. The summed E-state index contributed by atoms with van der Waals surface area (Å²) in [6.45, 7) is 8.99. The van der Waals surface area contributed by atoms with E-state index in [2.05, 4.69) is 12.2 Å². The third-order valence-electron chi connectivity index (χ3n) is 2.94. The van der Waals surface area contributed by atoms with E-state index >= 15 is 0 Å². The molecular formula is C14H22N2O. The maximum Gasteiger partial charge on any atom is 0.253 e. The van der Waals surface area contributed by atoms with Gasteiger partial charge in [-0.2, -0.15) is 0 Å². The van der Waals surface area contributed by atoms with Crippen molar-refractivity contribution >= 4 is 11.6 Å². The first-order chi connectivity index (χ1) is 7.97. The molecule has 0 atom stereocenters. The standard InChI is InChI=1S/C14H22N2O/c1-6-15-13-8-7-12(9-11(13)4)14(17)16(5)10(2)3/h7-10,15H,6H2,1-5H3. The summed E-state index contributed by atoms with van der Waals surface area (Å²) in [5.74, 6) is 0.0751. The molecule has 1 aromatic rings. The SMILES string of the molecule is CCNc1ccc(C(=O)N(C)C(C)C)cc1C. The second kappa shape index (κ2) is 5.71. The lowest BCUT2D eigenvalue weighted by Crippen LogP contribution is -2.33. The van der Waals surface area contributed by atoms with Gasteiger partial charge in [-0.1, -0.05) is 0 Å². The van der Waals surface area contributed by atoms with Crippen LogP contribution in [0.15, 0.2) is 18.2 Å². The van der Waals surface area contributed by atoms with Gasteiger partial charge in [0.15, 0.2) is 0 Å². The topological polar surface area (TPSA) is 32.3 Å². The van der Waals surface area contributed by atoms with Gasteiger partial charge < -0.3 is 10.2 Å². The Kier molecular flexibility index (Phi) is 4.55. The van der Waals surface area contributed by atoms with Crippen molar-refractivity contribution in [2.75, 3.05) is 18.9 Å². The lowest BCUT2D eigenvalue weighted by atomic mass is 10.1. The fraction of sp³-hybridized carbons (Fsp3) is 0.500. The van der Waals surface area contributed by atoms with E-state index in [0.29, 0.717) is 0 Å². The van der Waals surface area contributed by atoms with E-state index in [-0.39, 0.29) is 11.9 Å². The van der Waals surface area contributed by atoms with Crippen LogP contribution in [0, 0.1) is 6.92 Å². The quantitative estimate of drug-likeness (QED) is 0.868. The van der Waals surface area contributed by atoms with E-state index in [1.54, 1.807) is 4.90 Å². The Balaban J connectivity index is 2.93. The Labute approximate surface area is 104 Å². The van der Waals surface area contributed by atoms with Crippen LogP contribution in [0.2, 0.25) is 0 Å². The molecule has 1 N–H and O–H groups in total. The van der Waals surface area contributed by atoms with Crippen LogP contribution in [-0.4, -0.2) is 30.4 Å². The number of rotatable bonds is 4. The molecule has 0 unspecified atom stereocenters. The molecule has 0 spiro atoms. The largest absolute Gasteiger partial charge is 0.385 e. The number of benzene rings is 1. The number of amides is 1. The summed E-state index contributed by atoms with van der Waals surface area (Å²) >= 11 is 0. The summed E-state index contributed by atoms with van der Waals surface area (Å²) in [6.07, 6.45) is 0. The molecule has 0 fully saturated rings. The van der Waals surface area contributed by atoms with Gasteiger partial charge in [-0.3, -0.25) is 4.79 Å². The van der Waals surface area contributed by atoms with Crippen LogP contribution in [0.4, 0.5) is 5.69 Å². The van der Waals surface area contributed by atoms with Crippen molar-refractivity contribution < 1.29 is 4.79 Å². The van der Waals surface area contributed by atoms with Crippen LogP contribution in [0.3, 0.4) is 0 Å². The number of nitrogens with zero attached hydrogens (tertiary/aromatic N) is 1. The second-order valence-electron chi connectivity index (χ2n) is 4.57. The van der Waals surface area contributed by atoms with Crippen molar-refractivity contribution in [3.05, 3.63) is 29.3 Å². The van der Waals surface area contributed by atoms with Gasteiger partial charge >= 0.3 is 0 Å². The molecule has 1 rings (SSSR count). The molecular weight excluding hydrogens is 212 g/mol. The zero-order valence-electron chi connectivity index (χ0n) is 11.4. The number of carbonyl (C=O) groups excluding carboxylic acids is 1. The third-order valence-corrected chi connectivity index (χ3v) is 2.94. The van der Waals surface area contributed by atoms with E-state index in [9.17, 15) is 4.79 Å². The Hall–Kier alpha value is -1.51. The molecule has 0 aliphatic carbocycles. The predicted octanol–water partition coefficient (Wildman–Crippen LogP) is 2.91. The minimum absolute atomic E-state index is 0.0751. The van der Waals surface area contributed by atoms with Gasteiger partial charge in [0.05, 0.1) is 0 Å². The van der Waals surface area contributed by atoms with Crippen molar-refractivity contribution in [3.8, 4) is 0 Å². The Morgan fingerprint density at radius 3 is 2.53 bits per heavy atom. The minimum atomic E-state index is 0.0751. The number of hydrogen-bond donors (Lipinski definition) is 1. The summed E-state index contributed by atoms with van der Waals surface area (Å²) in [5, 5.41) is 3.27. The van der Waals surface area contributed by atoms with Crippen LogP contribution in [0.5, 0.6) is 0 Å². The zero-order valence-corrected chi connectivity index (χ0v) is 11.4. The molecule has 94 valence electrons. The van der Waals surface area contributed by atoms with Crippen LogP contribution in [0.1, 0.15) is 36.7 Å². The van der Waals surface area contributed by atoms with Gasteiger partial charge in [-0.25, -0.2) is 0 Å². The molecule has 0 heterocycles. The highest BCUT2D eigenvalue weighted by atomic mass is 16.2. The molecule has 1 aromatic carbocycles. The number of carbonyl (C=O) groups is 1. The summed E-state index contributed by atoms with van der Waals surface area (Å²) in [4.78, 5) is 13.9. The summed E-state index contributed by atoms with van der Waals surface area (Å²) in [6, 6.07) is 6.02. The van der Waals surface area contributed by atoms with Crippen molar-refractivity contribution in [1.29, 1.82) is 0 Å². The first kappa shape index (κ1) is 13.6. The predicted molar refractivity (Wildman–Crippen MR) is 72.6 cm³/mol.